The molecule has 4 heteroatoms. The predicted molar refractivity (Wildman–Crippen MR) is 80.8 cm³/mol. The van der Waals surface area contributed by atoms with Gasteiger partial charge in [0.25, 0.3) is 0 Å². The molecule has 1 saturated carbocycles. The summed E-state index contributed by atoms with van der Waals surface area (Å²) in [4.78, 5) is 0. The molecular formula is C15H26ClN3. The molecular weight excluding hydrogens is 258 g/mol. The van der Waals surface area contributed by atoms with Crippen molar-refractivity contribution in [3.05, 3.63) is 16.4 Å². The zero-order chi connectivity index (χ0) is 13.9. The first-order valence-electron chi connectivity index (χ1n) is 7.60. The average molecular weight is 284 g/mol. The second-order valence-electron chi connectivity index (χ2n) is 5.73. The number of aromatic nitrogens is 2. The molecule has 0 aliphatic heterocycles. The number of hydrogen-bond acceptors (Lipinski definition) is 2. The largest absolute Gasteiger partial charge is 0.316 e. The van der Waals surface area contributed by atoms with Gasteiger partial charge in [-0.2, -0.15) is 5.10 Å². The first-order valence-corrected chi connectivity index (χ1v) is 7.98. The summed E-state index contributed by atoms with van der Waals surface area (Å²) in [5.74, 6) is 0. The van der Waals surface area contributed by atoms with Crippen molar-refractivity contribution in [3.63, 3.8) is 0 Å². The van der Waals surface area contributed by atoms with Crippen LogP contribution in [0, 0.1) is 5.41 Å². The van der Waals surface area contributed by atoms with Crippen molar-refractivity contribution in [1.29, 1.82) is 0 Å². The van der Waals surface area contributed by atoms with Gasteiger partial charge < -0.3 is 5.32 Å². The zero-order valence-electron chi connectivity index (χ0n) is 12.4. The topological polar surface area (TPSA) is 29.9 Å². The van der Waals surface area contributed by atoms with Crippen molar-refractivity contribution in [2.24, 2.45) is 5.41 Å². The molecule has 1 aromatic rings. The highest BCUT2D eigenvalue weighted by atomic mass is 35.5. The van der Waals surface area contributed by atoms with Crippen LogP contribution in [0.1, 0.15) is 51.4 Å². The SMILES string of the molecule is CCCNCC1(Cc2c(Cl)c(CC)nn2CC)CC1. The minimum absolute atomic E-state index is 0.441. The molecule has 1 heterocycles. The summed E-state index contributed by atoms with van der Waals surface area (Å²) >= 11 is 6.50. The molecule has 3 nitrogen and oxygen atoms in total. The van der Waals surface area contributed by atoms with E-state index in [9.17, 15) is 0 Å². The molecule has 19 heavy (non-hydrogen) atoms. The Hall–Kier alpha value is -0.540. The van der Waals surface area contributed by atoms with Crippen molar-refractivity contribution in [1.82, 2.24) is 15.1 Å². The fourth-order valence-electron chi connectivity index (χ4n) is 2.66. The lowest BCUT2D eigenvalue weighted by molar-refractivity contribution is 0.437. The van der Waals surface area contributed by atoms with Gasteiger partial charge in [0, 0.05) is 13.1 Å². The van der Waals surface area contributed by atoms with Gasteiger partial charge in [0.2, 0.25) is 0 Å². The van der Waals surface area contributed by atoms with E-state index in [1.165, 1.54) is 25.0 Å². The van der Waals surface area contributed by atoms with E-state index in [-0.39, 0.29) is 0 Å². The van der Waals surface area contributed by atoms with Gasteiger partial charge in [0.05, 0.1) is 16.4 Å². The van der Waals surface area contributed by atoms with Crippen molar-refractivity contribution < 1.29 is 0 Å². The predicted octanol–water partition coefficient (Wildman–Crippen LogP) is 3.44. The van der Waals surface area contributed by atoms with Crippen LogP contribution in [0.5, 0.6) is 0 Å². The van der Waals surface area contributed by atoms with Crippen LogP contribution in [0.25, 0.3) is 0 Å². The number of aryl methyl sites for hydroxylation is 2. The Morgan fingerprint density at radius 3 is 2.58 bits per heavy atom. The summed E-state index contributed by atoms with van der Waals surface area (Å²) in [6.45, 7) is 9.61. The van der Waals surface area contributed by atoms with Crippen molar-refractivity contribution in [3.8, 4) is 0 Å². The third kappa shape index (κ3) is 3.32. The van der Waals surface area contributed by atoms with E-state index in [0.29, 0.717) is 5.41 Å². The van der Waals surface area contributed by atoms with Crippen molar-refractivity contribution in [2.45, 2.75) is 59.4 Å². The molecule has 0 bridgehead atoms. The average Bonchev–Trinajstić information content (AvgIpc) is 3.11. The lowest BCUT2D eigenvalue weighted by Crippen LogP contribution is -2.27. The quantitative estimate of drug-likeness (QED) is 0.741. The van der Waals surface area contributed by atoms with Crippen molar-refractivity contribution in [2.75, 3.05) is 13.1 Å². The van der Waals surface area contributed by atoms with Crippen LogP contribution in [-0.4, -0.2) is 22.9 Å². The van der Waals surface area contributed by atoms with Crippen LogP contribution < -0.4 is 5.32 Å². The molecule has 0 aromatic carbocycles. The molecule has 1 aliphatic rings. The molecule has 1 fully saturated rings. The Balaban J connectivity index is 2.08. The normalized spacial score (nSPS) is 16.8. The molecule has 0 radical (unpaired) electrons. The summed E-state index contributed by atoms with van der Waals surface area (Å²) in [5, 5.41) is 9.09. The Morgan fingerprint density at radius 1 is 1.32 bits per heavy atom. The molecule has 0 saturated heterocycles. The third-order valence-electron chi connectivity index (χ3n) is 4.12. The minimum atomic E-state index is 0.441. The van der Waals surface area contributed by atoms with Gasteiger partial charge in [0.1, 0.15) is 0 Å². The molecule has 0 spiro atoms. The Labute approximate surface area is 121 Å². The van der Waals surface area contributed by atoms with Crippen LogP contribution in [0.4, 0.5) is 0 Å². The Kier molecular flexibility index (Phi) is 4.91. The summed E-state index contributed by atoms with van der Waals surface area (Å²) in [6.07, 6.45) is 5.82. The van der Waals surface area contributed by atoms with Crippen molar-refractivity contribution >= 4 is 11.6 Å². The monoisotopic (exact) mass is 283 g/mol. The van der Waals surface area contributed by atoms with Crippen LogP contribution in [-0.2, 0) is 19.4 Å². The Morgan fingerprint density at radius 2 is 2.05 bits per heavy atom. The minimum Gasteiger partial charge on any atom is -0.316 e. The van der Waals surface area contributed by atoms with Gasteiger partial charge in [-0.05, 0) is 51.0 Å². The lowest BCUT2D eigenvalue weighted by Gasteiger charge is -2.17. The molecule has 1 aromatic heterocycles. The van der Waals surface area contributed by atoms with Gasteiger partial charge in [0.15, 0.2) is 0 Å². The molecule has 0 unspecified atom stereocenters. The van der Waals surface area contributed by atoms with E-state index in [1.807, 2.05) is 0 Å². The number of rotatable bonds is 8. The van der Waals surface area contributed by atoms with Gasteiger partial charge in [-0.15, -0.1) is 0 Å². The maximum absolute atomic E-state index is 6.50. The number of halogens is 1. The lowest BCUT2D eigenvalue weighted by atomic mass is 9.99. The molecule has 2 rings (SSSR count). The number of hydrogen-bond donors (Lipinski definition) is 1. The summed E-state index contributed by atoms with van der Waals surface area (Å²) in [5.41, 5.74) is 2.74. The van der Waals surface area contributed by atoms with E-state index in [0.717, 1.165) is 43.2 Å². The third-order valence-corrected chi connectivity index (χ3v) is 4.56. The molecule has 108 valence electrons. The molecule has 0 atom stereocenters. The smallest absolute Gasteiger partial charge is 0.0850 e. The van der Waals surface area contributed by atoms with E-state index in [2.05, 4.69) is 35.9 Å². The Bertz CT molecular complexity index is 421. The zero-order valence-corrected chi connectivity index (χ0v) is 13.2. The summed E-state index contributed by atoms with van der Waals surface area (Å²) < 4.78 is 2.10. The highest BCUT2D eigenvalue weighted by molar-refractivity contribution is 6.31. The van der Waals surface area contributed by atoms with E-state index >= 15 is 0 Å². The highest BCUT2D eigenvalue weighted by Crippen LogP contribution is 2.48. The van der Waals surface area contributed by atoms with E-state index in [4.69, 9.17) is 11.6 Å². The molecule has 0 amide bonds. The van der Waals surface area contributed by atoms with E-state index in [1.54, 1.807) is 0 Å². The first kappa shape index (κ1) is 14.9. The van der Waals surface area contributed by atoms with Gasteiger partial charge in [-0.3, -0.25) is 4.68 Å². The van der Waals surface area contributed by atoms with Gasteiger partial charge in [-0.25, -0.2) is 0 Å². The van der Waals surface area contributed by atoms with Gasteiger partial charge >= 0.3 is 0 Å². The highest BCUT2D eigenvalue weighted by Gasteiger charge is 2.43. The second kappa shape index (κ2) is 6.27. The summed E-state index contributed by atoms with van der Waals surface area (Å²) in [7, 11) is 0. The van der Waals surface area contributed by atoms with Crippen LogP contribution in [0.2, 0.25) is 5.02 Å². The molecule has 1 N–H and O–H groups in total. The van der Waals surface area contributed by atoms with Gasteiger partial charge in [-0.1, -0.05) is 25.4 Å². The maximum atomic E-state index is 6.50. The van der Waals surface area contributed by atoms with Crippen LogP contribution >= 0.6 is 11.6 Å². The van der Waals surface area contributed by atoms with E-state index < -0.39 is 0 Å². The first-order chi connectivity index (χ1) is 9.15. The standard InChI is InChI=1S/C15H26ClN3/c1-4-9-17-11-15(7-8-15)10-13-14(16)12(5-2)18-19(13)6-3/h17H,4-11H2,1-3H3. The number of nitrogens with one attached hydrogen (secondary N) is 1. The van der Waals surface area contributed by atoms with Crippen LogP contribution in [0.15, 0.2) is 0 Å². The van der Waals surface area contributed by atoms with Crippen LogP contribution in [0.3, 0.4) is 0 Å². The fourth-order valence-corrected chi connectivity index (χ4v) is 3.00. The number of nitrogens with zero attached hydrogens (tertiary/aromatic N) is 2. The summed E-state index contributed by atoms with van der Waals surface area (Å²) in [6, 6.07) is 0. The maximum Gasteiger partial charge on any atom is 0.0850 e. The fraction of sp³-hybridized carbons (Fsp3) is 0.800. The second-order valence-corrected chi connectivity index (χ2v) is 6.11. The molecule has 1 aliphatic carbocycles.